The first kappa shape index (κ1) is 21.6. The van der Waals surface area contributed by atoms with Gasteiger partial charge in [-0.15, -0.1) is 0 Å². The number of ketones is 1. The predicted octanol–water partition coefficient (Wildman–Crippen LogP) is 4.65. The predicted molar refractivity (Wildman–Crippen MR) is 119 cm³/mol. The van der Waals surface area contributed by atoms with Crippen LogP contribution in [0.2, 0.25) is 0 Å². The first-order chi connectivity index (χ1) is 13.8. The monoisotopic (exact) mass is 489 g/mol. The minimum absolute atomic E-state index is 0.00605. The van der Waals surface area contributed by atoms with E-state index >= 15 is 0 Å². The molecule has 0 aliphatic rings. The van der Waals surface area contributed by atoms with Crippen LogP contribution in [0.1, 0.15) is 38.8 Å². The van der Waals surface area contributed by atoms with Gasteiger partial charge in [0.05, 0.1) is 13.0 Å². The number of hydrogen-bond donors (Lipinski definition) is 0. The highest BCUT2D eigenvalue weighted by Crippen LogP contribution is 2.32. The topological polar surface area (TPSA) is 47.3 Å². The molecule has 0 N–H and O–H groups in total. The van der Waals surface area contributed by atoms with Crippen LogP contribution in [-0.2, 0) is 28.6 Å². The number of carbonyl (C=O) groups excluding carboxylic acids is 2. The number of pyridine rings is 1. The molecule has 0 aliphatic carbocycles. The highest BCUT2D eigenvalue weighted by atomic mass is 79.9. The van der Waals surface area contributed by atoms with E-state index in [1.54, 1.807) is 19.1 Å². The Morgan fingerprint density at radius 1 is 1.14 bits per heavy atom. The summed E-state index contributed by atoms with van der Waals surface area (Å²) in [6.07, 6.45) is 3.90. The number of thiophene rings is 1. The molecule has 0 aliphatic heterocycles. The Balaban J connectivity index is 2.16. The molecule has 150 valence electrons. The van der Waals surface area contributed by atoms with Gasteiger partial charge >= 0.3 is 5.97 Å². The van der Waals surface area contributed by atoms with Gasteiger partial charge in [-0.3, -0.25) is 9.59 Å². The van der Waals surface area contributed by atoms with Crippen molar-refractivity contribution in [1.82, 2.24) is 0 Å². The third-order valence-electron chi connectivity index (χ3n) is 4.29. The Bertz CT molecular complexity index is 1050. The van der Waals surface area contributed by atoms with Gasteiger partial charge in [0.2, 0.25) is 5.69 Å². The van der Waals surface area contributed by atoms with Crippen molar-refractivity contribution in [2.45, 2.75) is 31.4 Å². The van der Waals surface area contributed by atoms with E-state index in [0.717, 1.165) is 15.6 Å². The number of aromatic nitrogens is 1. The van der Waals surface area contributed by atoms with E-state index in [1.165, 1.54) is 11.3 Å². The SMILES string of the molecule is CCOC(=O)Cc1c(C(=O)c2ccc(Br)cc2)sc([S-])c1-[n+]1cc(C)cc(C)c1. The lowest BCUT2D eigenvalue weighted by molar-refractivity contribution is -0.598. The van der Waals surface area contributed by atoms with Crippen LogP contribution in [0.25, 0.3) is 5.69 Å². The van der Waals surface area contributed by atoms with Gasteiger partial charge in [-0.05, 0) is 60.2 Å². The Kier molecular flexibility index (Phi) is 6.82. The molecule has 2 heterocycles. The summed E-state index contributed by atoms with van der Waals surface area (Å²) < 4.78 is 8.53. The third-order valence-corrected chi connectivity index (χ3v) is 6.27. The summed E-state index contributed by atoms with van der Waals surface area (Å²) in [5, 5.41) is 0. The Morgan fingerprint density at radius 3 is 2.34 bits per heavy atom. The third kappa shape index (κ3) is 4.91. The molecule has 0 saturated carbocycles. The largest absolute Gasteiger partial charge is 0.466 e. The van der Waals surface area contributed by atoms with Crippen molar-refractivity contribution in [2.75, 3.05) is 6.61 Å². The van der Waals surface area contributed by atoms with Crippen LogP contribution in [0.5, 0.6) is 0 Å². The van der Waals surface area contributed by atoms with Gasteiger partial charge in [0.25, 0.3) is 0 Å². The fraction of sp³-hybridized carbons (Fsp3) is 0.227. The Hall–Kier alpha value is -2.09. The molecular formula is C22H20BrNO3S2. The maximum atomic E-state index is 13.2. The molecule has 0 saturated heterocycles. The molecule has 2 aromatic heterocycles. The first-order valence-electron chi connectivity index (χ1n) is 9.08. The van der Waals surface area contributed by atoms with Gasteiger partial charge < -0.3 is 28.7 Å². The summed E-state index contributed by atoms with van der Waals surface area (Å²) in [7, 11) is 0. The average Bonchev–Trinajstić information content (AvgIpc) is 2.97. The van der Waals surface area contributed by atoms with Crippen molar-refractivity contribution in [3.63, 3.8) is 0 Å². The van der Waals surface area contributed by atoms with Crippen LogP contribution >= 0.6 is 27.3 Å². The van der Waals surface area contributed by atoms with Gasteiger partial charge in [0.15, 0.2) is 18.2 Å². The fourth-order valence-electron chi connectivity index (χ4n) is 3.17. The molecule has 0 bridgehead atoms. The summed E-state index contributed by atoms with van der Waals surface area (Å²) in [6, 6.07) is 9.21. The van der Waals surface area contributed by atoms with Gasteiger partial charge in [-0.2, -0.15) is 4.57 Å². The van der Waals surface area contributed by atoms with Gasteiger partial charge in [-0.1, -0.05) is 15.9 Å². The fourth-order valence-corrected chi connectivity index (χ4v) is 4.93. The number of carbonyl (C=O) groups is 2. The lowest BCUT2D eigenvalue weighted by atomic mass is 10.0. The van der Waals surface area contributed by atoms with E-state index in [2.05, 4.69) is 22.0 Å². The van der Waals surface area contributed by atoms with Crippen LogP contribution in [0.3, 0.4) is 0 Å². The van der Waals surface area contributed by atoms with Crippen LogP contribution in [0, 0.1) is 13.8 Å². The van der Waals surface area contributed by atoms with E-state index in [4.69, 9.17) is 17.4 Å². The summed E-state index contributed by atoms with van der Waals surface area (Å²) >= 11 is 10.2. The molecule has 0 fully saturated rings. The maximum absolute atomic E-state index is 13.2. The second-order valence-electron chi connectivity index (χ2n) is 6.66. The van der Waals surface area contributed by atoms with Crippen LogP contribution in [0.15, 0.2) is 51.4 Å². The second kappa shape index (κ2) is 9.15. The molecule has 0 amide bonds. The van der Waals surface area contributed by atoms with E-state index < -0.39 is 0 Å². The minimum atomic E-state index is -0.378. The number of aryl methyl sites for hydroxylation is 2. The van der Waals surface area contributed by atoms with Crippen molar-refractivity contribution in [2.24, 2.45) is 0 Å². The number of nitrogens with zero attached hydrogens (tertiary/aromatic N) is 1. The van der Waals surface area contributed by atoms with Crippen molar-refractivity contribution in [3.8, 4) is 5.69 Å². The number of benzene rings is 1. The molecule has 0 unspecified atom stereocenters. The van der Waals surface area contributed by atoms with Crippen molar-refractivity contribution in [1.29, 1.82) is 0 Å². The van der Waals surface area contributed by atoms with E-state index in [9.17, 15) is 9.59 Å². The number of rotatable bonds is 6. The highest BCUT2D eigenvalue weighted by Gasteiger charge is 2.25. The summed E-state index contributed by atoms with van der Waals surface area (Å²) in [5.41, 5.74) is 3.99. The first-order valence-corrected chi connectivity index (χ1v) is 11.1. The molecule has 0 radical (unpaired) electrons. The maximum Gasteiger partial charge on any atom is 0.310 e. The molecule has 4 nitrogen and oxygen atoms in total. The summed E-state index contributed by atoms with van der Waals surface area (Å²) in [6.45, 7) is 6.04. The zero-order valence-electron chi connectivity index (χ0n) is 16.3. The van der Waals surface area contributed by atoms with Gasteiger partial charge in [-0.25, -0.2) is 0 Å². The average molecular weight is 490 g/mol. The zero-order chi connectivity index (χ0) is 21.1. The highest BCUT2D eigenvalue weighted by molar-refractivity contribution is 9.10. The molecule has 3 aromatic rings. The number of hydrogen-bond acceptors (Lipinski definition) is 5. The molecular weight excluding hydrogens is 470 g/mol. The van der Waals surface area contributed by atoms with Crippen molar-refractivity contribution >= 4 is 51.6 Å². The minimum Gasteiger partial charge on any atom is -0.466 e. The van der Waals surface area contributed by atoms with Gasteiger partial charge in [0, 0.05) is 26.7 Å². The zero-order valence-corrected chi connectivity index (χ0v) is 19.5. The number of ether oxygens (including phenoxy) is 1. The lowest BCUT2D eigenvalue weighted by Crippen LogP contribution is -2.33. The van der Waals surface area contributed by atoms with Crippen molar-refractivity contribution in [3.05, 3.63) is 74.3 Å². The van der Waals surface area contributed by atoms with Crippen LogP contribution in [0.4, 0.5) is 0 Å². The Morgan fingerprint density at radius 2 is 1.76 bits per heavy atom. The molecule has 0 spiro atoms. The summed E-state index contributed by atoms with van der Waals surface area (Å²) in [5.74, 6) is -0.527. The van der Waals surface area contributed by atoms with E-state index in [0.29, 0.717) is 25.9 Å². The van der Waals surface area contributed by atoms with Crippen LogP contribution < -0.4 is 4.57 Å². The number of halogens is 1. The molecule has 1 aromatic carbocycles. The molecule has 29 heavy (non-hydrogen) atoms. The smallest absolute Gasteiger partial charge is 0.310 e. The summed E-state index contributed by atoms with van der Waals surface area (Å²) in [4.78, 5) is 26.0. The molecule has 3 rings (SSSR count). The molecule has 7 heteroatoms. The lowest BCUT2D eigenvalue weighted by Gasteiger charge is -2.08. The quantitative estimate of drug-likeness (QED) is 0.219. The number of esters is 1. The molecule has 0 atom stereocenters. The van der Waals surface area contributed by atoms with E-state index in [1.807, 2.05) is 42.9 Å². The van der Waals surface area contributed by atoms with Crippen molar-refractivity contribution < 1.29 is 18.9 Å². The van der Waals surface area contributed by atoms with Crippen LogP contribution in [-0.4, -0.2) is 18.4 Å². The Labute approximate surface area is 188 Å². The van der Waals surface area contributed by atoms with E-state index in [-0.39, 0.29) is 24.8 Å². The van der Waals surface area contributed by atoms with Gasteiger partial charge in [0.1, 0.15) is 0 Å². The second-order valence-corrected chi connectivity index (χ2v) is 9.26. The standard InChI is InChI=1S/C22H20BrNO3S2/c1-4-27-18(25)10-17-19(24-11-13(2)9-14(3)12-24)22(28)29-21(17)20(26)15-5-7-16(23)8-6-15/h5-9,11-12H,4,10H2,1-3H3. The normalized spacial score (nSPS) is 10.8.